The van der Waals surface area contributed by atoms with Crippen molar-refractivity contribution in [3.8, 4) is 5.69 Å². The lowest BCUT2D eigenvalue weighted by atomic mass is 9.89. The molecule has 1 aromatic heterocycles. The fourth-order valence-corrected chi connectivity index (χ4v) is 6.47. The van der Waals surface area contributed by atoms with E-state index in [4.69, 9.17) is 21.1 Å². The molecule has 2 fully saturated rings. The number of rotatable bonds is 5. The fourth-order valence-electron chi connectivity index (χ4n) is 6.31. The molecule has 0 spiro atoms. The molecule has 230 valence electrons. The van der Waals surface area contributed by atoms with E-state index in [9.17, 15) is 18.8 Å². The summed E-state index contributed by atoms with van der Waals surface area (Å²) in [4.78, 5) is 40.7. The van der Waals surface area contributed by atoms with E-state index in [1.165, 1.54) is 13.2 Å². The van der Waals surface area contributed by atoms with Gasteiger partial charge in [0.1, 0.15) is 11.4 Å². The predicted molar refractivity (Wildman–Crippen MR) is 166 cm³/mol. The van der Waals surface area contributed by atoms with Gasteiger partial charge in [0.05, 0.1) is 34.9 Å². The van der Waals surface area contributed by atoms with Gasteiger partial charge in [-0.15, -0.1) is 0 Å². The molecule has 1 aliphatic heterocycles. The van der Waals surface area contributed by atoms with Crippen molar-refractivity contribution in [1.29, 1.82) is 0 Å². The van der Waals surface area contributed by atoms with Gasteiger partial charge in [-0.3, -0.25) is 9.13 Å². The van der Waals surface area contributed by atoms with Gasteiger partial charge in [-0.05, 0) is 112 Å². The number of aromatic nitrogens is 2. The van der Waals surface area contributed by atoms with Crippen LogP contribution in [0.15, 0.2) is 65.5 Å². The van der Waals surface area contributed by atoms with Gasteiger partial charge in [0, 0.05) is 18.1 Å². The zero-order valence-electron chi connectivity index (χ0n) is 25.2. The monoisotopic (exact) mass is 619 g/mol. The Morgan fingerprint density at radius 3 is 2.25 bits per heavy atom. The molecule has 1 aliphatic carbocycles. The molecule has 1 amide bonds. The average molecular weight is 620 g/mol. The summed E-state index contributed by atoms with van der Waals surface area (Å²) in [6.07, 6.45) is 2.57. The van der Waals surface area contributed by atoms with Gasteiger partial charge in [-0.2, -0.15) is 0 Å². The van der Waals surface area contributed by atoms with E-state index in [2.05, 4.69) is 0 Å². The molecule has 1 saturated heterocycles. The van der Waals surface area contributed by atoms with Crippen molar-refractivity contribution in [2.45, 2.75) is 63.5 Å². The van der Waals surface area contributed by atoms with Crippen molar-refractivity contribution in [2.75, 3.05) is 20.2 Å². The number of piperidine rings is 1. The molecular formula is C34H35ClFN3O5. The van der Waals surface area contributed by atoms with Crippen LogP contribution < -0.4 is 5.69 Å². The Bertz CT molecular complexity index is 1810. The number of hydrogen-bond acceptors (Lipinski definition) is 5. The maximum absolute atomic E-state index is 14.7. The molecule has 0 atom stereocenters. The largest absolute Gasteiger partial charge is 0.465 e. The van der Waals surface area contributed by atoms with Gasteiger partial charge in [0.15, 0.2) is 0 Å². The van der Waals surface area contributed by atoms with Crippen molar-refractivity contribution in [3.63, 3.8) is 0 Å². The maximum Gasteiger partial charge on any atom is 0.410 e. The minimum absolute atomic E-state index is 0.0983. The Morgan fingerprint density at radius 2 is 1.64 bits per heavy atom. The van der Waals surface area contributed by atoms with Crippen LogP contribution >= 0.6 is 11.6 Å². The number of benzene rings is 3. The Balaban J connectivity index is 1.33. The summed E-state index contributed by atoms with van der Waals surface area (Å²) in [5.74, 6) is -0.929. The standard InChI is InChI=1S/C34H35ClFN3O5/c1-33(2,3)44-32(42)37-15-11-22(12-16-37)21-5-8-27(9-6-21)38-29-20-25(35)7-10-28(29)39(31(38)41)34(13-14-34)24-17-23(30(40)43-4)18-26(36)19-24/h5-10,17-20,22H,11-16H2,1-4H3. The van der Waals surface area contributed by atoms with Crippen molar-refractivity contribution in [2.24, 2.45) is 0 Å². The molecule has 0 unspecified atom stereocenters. The number of ether oxygens (including phenoxy) is 2. The first kappa shape index (κ1) is 29.9. The van der Waals surface area contributed by atoms with Gasteiger partial charge in [0.25, 0.3) is 0 Å². The summed E-state index contributed by atoms with van der Waals surface area (Å²) >= 11 is 6.41. The van der Waals surface area contributed by atoms with Gasteiger partial charge in [-0.1, -0.05) is 23.7 Å². The van der Waals surface area contributed by atoms with Gasteiger partial charge in [0.2, 0.25) is 0 Å². The summed E-state index contributed by atoms with van der Waals surface area (Å²) < 4.78 is 28.4. The van der Waals surface area contributed by atoms with Crippen LogP contribution in [0.2, 0.25) is 5.02 Å². The number of carbonyl (C=O) groups excluding carboxylic acids is 2. The second kappa shape index (κ2) is 11.1. The summed E-state index contributed by atoms with van der Waals surface area (Å²) in [5.41, 5.74) is 2.16. The highest BCUT2D eigenvalue weighted by atomic mass is 35.5. The van der Waals surface area contributed by atoms with Crippen LogP contribution in [0.3, 0.4) is 0 Å². The van der Waals surface area contributed by atoms with Crippen LogP contribution in [-0.2, 0) is 15.0 Å². The van der Waals surface area contributed by atoms with E-state index in [-0.39, 0.29) is 23.3 Å². The fraction of sp³-hybridized carbons (Fsp3) is 0.382. The second-order valence-corrected chi connectivity index (χ2v) is 13.1. The second-order valence-electron chi connectivity index (χ2n) is 12.7. The number of amides is 1. The average Bonchev–Trinajstić information content (AvgIpc) is 3.73. The van der Waals surface area contributed by atoms with Gasteiger partial charge < -0.3 is 14.4 Å². The zero-order valence-corrected chi connectivity index (χ0v) is 26.0. The molecule has 4 aromatic rings. The highest BCUT2D eigenvalue weighted by Gasteiger charge is 2.49. The van der Waals surface area contributed by atoms with Crippen LogP contribution in [0, 0.1) is 5.82 Å². The Morgan fingerprint density at radius 1 is 0.955 bits per heavy atom. The molecule has 44 heavy (non-hydrogen) atoms. The number of halogens is 2. The highest BCUT2D eigenvalue weighted by Crippen LogP contribution is 2.50. The smallest absolute Gasteiger partial charge is 0.410 e. The number of nitrogens with zero attached hydrogens (tertiary/aromatic N) is 3. The van der Waals surface area contributed by atoms with E-state index < -0.39 is 22.9 Å². The quantitative estimate of drug-likeness (QED) is 0.224. The number of carbonyl (C=O) groups is 2. The first-order valence-corrected chi connectivity index (χ1v) is 15.2. The van der Waals surface area contributed by atoms with Crippen LogP contribution in [0.1, 0.15) is 73.9 Å². The normalized spacial score (nSPS) is 16.6. The molecule has 1 saturated carbocycles. The maximum atomic E-state index is 14.7. The molecule has 8 nitrogen and oxygen atoms in total. The zero-order chi connectivity index (χ0) is 31.4. The predicted octanol–water partition coefficient (Wildman–Crippen LogP) is 7.02. The third kappa shape index (κ3) is 5.49. The van der Waals surface area contributed by atoms with E-state index in [1.807, 2.05) is 51.1 Å². The van der Waals surface area contributed by atoms with Crippen molar-refractivity contribution in [3.05, 3.63) is 98.7 Å². The molecule has 0 bridgehead atoms. The molecule has 2 heterocycles. The minimum Gasteiger partial charge on any atom is -0.465 e. The van der Waals surface area contributed by atoms with Crippen molar-refractivity contribution in [1.82, 2.24) is 14.0 Å². The number of hydrogen-bond donors (Lipinski definition) is 0. The SMILES string of the molecule is COC(=O)c1cc(F)cc(C2(n3c(=O)n(-c4ccc(C5CCN(C(=O)OC(C)(C)C)CC5)cc4)c4cc(Cl)ccc43)CC2)c1. The van der Waals surface area contributed by atoms with Crippen LogP contribution in [0.25, 0.3) is 16.7 Å². The summed E-state index contributed by atoms with van der Waals surface area (Å²) in [6.45, 7) is 6.83. The Kier molecular flexibility index (Phi) is 7.56. The first-order valence-electron chi connectivity index (χ1n) is 14.8. The Labute approximate surface area is 259 Å². The van der Waals surface area contributed by atoms with Crippen LogP contribution in [0.5, 0.6) is 0 Å². The van der Waals surface area contributed by atoms with Gasteiger partial charge in [-0.25, -0.2) is 18.8 Å². The third-order valence-electron chi connectivity index (χ3n) is 8.58. The van der Waals surface area contributed by atoms with Crippen LogP contribution in [-0.4, -0.2) is 51.9 Å². The molecule has 2 aliphatic rings. The molecular weight excluding hydrogens is 585 g/mol. The molecule has 0 radical (unpaired) electrons. The number of likely N-dealkylation sites (tertiary alicyclic amines) is 1. The summed E-state index contributed by atoms with van der Waals surface area (Å²) in [7, 11) is 1.25. The lowest BCUT2D eigenvalue weighted by Gasteiger charge is -2.33. The number of fused-ring (bicyclic) bond motifs is 1. The lowest BCUT2D eigenvalue weighted by molar-refractivity contribution is 0.0204. The number of methoxy groups -OCH3 is 1. The topological polar surface area (TPSA) is 82.8 Å². The molecule has 3 aromatic carbocycles. The number of esters is 1. The lowest BCUT2D eigenvalue weighted by Crippen LogP contribution is -2.41. The number of imidazole rings is 1. The minimum atomic E-state index is -0.804. The summed E-state index contributed by atoms with van der Waals surface area (Å²) in [6, 6.07) is 17.4. The Hall–Kier alpha value is -4.11. The highest BCUT2D eigenvalue weighted by molar-refractivity contribution is 6.31. The summed E-state index contributed by atoms with van der Waals surface area (Å²) in [5, 5.41) is 0.486. The molecule has 0 N–H and O–H groups in total. The van der Waals surface area contributed by atoms with Crippen LogP contribution in [0.4, 0.5) is 9.18 Å². The van der Waals surface area contributed by atoms with Gasteiger partial charge >= 0.3 is 17.8 Å². The molecule has 6 rings (SSSR count). The van der Waals surface area contributed by atoms with E-state index in [0.29, 0.717) is 53.2 Å². The van der Waals surface area contributed by atoms with E-state index in [0.717, 1.165) is 24.5 Å². The first-order chi connectivity index (χ1) is 20.9. The molecule has 10 heteroatoms. The van der Waals surface area contributed by atoms with E-state index in [1.54, 1.807) is 32.2 Å². The van der Waals surface area contributed by atoms with Crippen molar-refractivity contribution < 1.29 is 23.5 Å². The third-order valence-corrected chi connectivity index (χ3v) is 8.81. The van der Waals surface area contributed by atoms with E-state index >= 15 is 0 Å². The van der Waals surface area contributed by atoms with Crippen molar-refractivity contribution >= 4 is 34.7 Å².